The van der Waals surface area contributed by atoms with Crippen molar-refractivity contribution in [3.05, 3.63) is 35.9 Å². The van der Waals surface area contributed by atoms with Crippen LogP contribution in [0.5, 0.6) is 5.75 Å². The van der Waals surface area contributed by atoms with Crippen molar-refractivity contribution in [2.45, 2.75) is 32.6 Å². The van der Waals surface area contributed by atoms with Gasteiger partial charge in [-0.15, -0.1) is 0 Å². The largest absolute Gasteiger partial charge is 0.494 e. The molecule has 0 atom stereocenters. The van der Waals surface area contributed by atoms with Crippen LogP contribution in [0.2, 0.25) is 0 Å². The fourth-order valence-corrected chi connectivity index (χ4v) is 2.81. The molecule has 1 aromatic rings. The van der Waals surface area contributed by atoms with Gasteiger partial charge in [0.1, 0.15) is 5.75 Å². The summed E-state index contributed by atoms with van der Waals surface area (Å²) in [7, 11) is 0. The minimum Gasteiger partial charge on any atom is -0.494 e. The summed E-state index contributed by atoms with van der Waals surface area (Å²) in [5.74, 6) is 0.910. The highest BCUT2D eigenvalue weighted by Crippen LogP contribution is 2.20. The molecule has 5 heteroatoms. The molecule has 1 heterocycles. The number of likely N-dealkylation sites (tertiary alicyclic amines) is 1. The van der Waals surface area contributed by atoms with Gasteiger partial charge in [0.15, 0.2) is 0 Å². The smallest absolute Gasteiger partial charge is 0.246 e. The summed E-state index contributed by atoms with van der Waals surface area (Å²) in [4.78, 5) is 25.0. The normalized spacial score (nSPS) is 15.6. The molecule has 1 aromatic carbocycles. The molecule has 2 amide bonds. The Labute approximate surface area is 143 Å². The summed E-state index contributed by atoms with van der Waals surface area (Å²) in [6.45, 7) is 4.15. The molecule has 0 saturated carbocycles. The molecule has 0 radical (unpaired) electrons. The van der Waals surface area contributed by atoms with Crippen LogP contribution in [0.25, 0.3) is 6.08 Å². The quantitative estimate of drug-likeness (QED) is 0.781. The van der Waals surface area contributed by atoms with E-state index in [9.17, 15) is 9.59 Å². The summed E-state index contributed by atoms with van der Waals surface area (Å²) >= 11 is 0. The number of ether oxygens (including phenoxy) is 1. The van der Waals surface area contributed by atoms with Crippen molar-refractivity contribution < 1.29 is 14.3 Å². The third-order valence-electron chi connectivity index (χ3n) is 4.19. The lowest BCUT2D eigenvalue weighted by Crippen LogP contribution is -2.38. The van der Waals surface area contributed by atoms with Crippen LogP contribution in [-0.2, 0) is 9.59 Å². The van der Waals surface area contributed by atoms with Crippen LogP contribution < -0.4 is 10.5 Å². The van der Waals surface area contributed by atoms with Crippen molar-refractivity contribution in [3.8, 4) is 5.75 Å². The Kier molecular flexibility index (Phi) is 6.85. The van der Waals surface area contributed by atoms with Crippen LogP contribution in [0.3, 0.4) is 0 Å². The molecule has 0 unspecified atom stereocenters. The Morgan fingerprint density at radius 2 is 1.92 bits per heavy atom. The Balaban J connectivity index is 1.81. The second-order valence-corrected chi connectivity index (χ2v) is 6.19. The Bertz CT molecular complexity index is 573. The summed E-state index contributed by atoms with van der Waals surface area (Å²) in [5.41, 5.74) is 6.20. The van der Waals surface area contributed by atoms with E-state index in [0.29, 0.717) is 32.0 Å². The highest BCUT2D eigenvalue weighted by molar-refractivity contribution is 5.91. The van der Waals surface area contributed by atoms with Crippen LogP contribution >= 0.6 is 0 Å². The van der Waals surface area contributed by atoms with Gasteiger partial charge in [-0.05, 0) is 49.0 Å². The number of nitrogens with two attached hydrogens (primary N) is 1. The summed E-state index contributed by atoms with van der Waals surface area (Å²) < 4.78 is 5.54. The van der Waals surface area contributed by atoms with Crippen molar-refractivity contribution in [1.29, 1.82) is 0 Å². The zero-order valence-corrected chi connectivity index (χ0v) is 14.2. The van der Waals surface area contributed by atoms with Gasteiger partial charge in [-0.25, -0.2) is 0 Å². The lowest BCUT2D eigenvalue weighted by molar-refractivity contribution is -0.127. The maximum atomic E-state index is 12.2. The van der Waals surface area contributed by atoms with Crippen LogP contribution in [-0.4, -0.2) is 36.4 Å². The summed E-state index contributed by atoms with van der Waals surface area (Å²) in [5, 5.41) is 0. The minimum atomic E-state index is -0.258. The van der Waals surface area contributed by atoms with Crippen LogP contribution in [0, 0.1) is 5.92 Å². The molecule has 5 nitrogen and oxygen atoms in total. The molecule has 0 aliphatic carbocycles. The van der Waals surface area contributed by atoms with E-state index in [1.54, 1.807) is 6.08 Å². The number of benzene rings is 1. The molecule has 1 aliphatic heterocycles. The summed E-state index contributed by atoms with van der Waals surface area (Å²) in [6.07, 6.45) is 6.51. The van der Waals surface area contributed by atoms with E-state index in [4.69, 9.17) is 10.5 Å². The number of carbonyl (C=O) groups is 2. The zero-order chi connectivity index (χ0) is 17.4. The lowest BCUT2D eigenvalue weighted by atomic mass is 9.93. The SMILES string of the molecule is CCCOc1ccc(/C=C/C(=O)N2CCC(CC(N)=O)CC2)cc1. The number of primary amides is 1. The van der Waals surface area contributed by atoms with Gasteiger partial charge in [0.25, 0.3) is 0 Å². The minimum absolute atomic E-state index is 0.0128. The average Bonchev–Trinajstić information content (AvgIpc) is 2.59. The second-order valence-electron chi connectivity index (χ2n) is 6.19. The molecule has 0 spiro atoms. The zero-order valence-electron chi connectivity index (χ0n) is 14.2. The van der Waals surface area contributed by atoms with Crippen molar-refractivity contribution in [1.82, 2.24) is 4.90 Å². The van der Waals surface area contributed by atoms with Gasteiger partial charge in [-0.3, -0.25) is 9.59 Å². The van der Waals surface area contributed by atoms with Gasteiger partial charge in [0.05, 0.1) is 6.61 Å². The first-order chi connectivity index (χ1) is 11.6. The highest BCUT2D eigenvalue weighted by Gasteiger charge is 2.22. The van der Waals surface area contributed by atoms with E-state index in [2.05, 4.69) is 6.92 Å². The van der Waals surface area contributed by atoms with Crippen molar-refractivity contribution in [3.63, 3.8) is 0 Å². The number of amides is 2. The number of nitrogens with zero attached hydrogens (tertiary/aromatic N) is 1. The van der Waals surface area contributed by atoms with Crippen LogP contribution in [0.4, 0.5) is 0 Å². The number of hydrogen-bond donors (Lipinski definition) is 1. The van der Waals surface area contributed by atoms with E-state index in [1.807, 2.05) is 35.2 Å². The van der Waals surface area contributed by atoms with E-state index in [-0.39, 0.29) is 11.8 Å². The Hall–Kier alpha value is -2.30. The molecule has 1 saturated heterocycles. The van der Waals surface area contributed by atoms with Crippen molar-refractivity contribution >= 4 is 17.9 Å². The predicted molar refractivity (Wildman–Crippen MR) is 94.4 cm³/mol. The molecule has 1 fully saturated rings. The van der Waals surface area contributed by atoms with Crippen LogP contribution in [0.1, 0.15) is 38.2 Å². The molecule has 130 valence electrons. The first-order valence-corrected chi connectivity index (χ1v) is 8.56. The number of hydrogen-bond acceptors (Lipinski definition) is 3. The second kappa shape index (κ2) is 9.11. The maximum Gasteiger partial charge on any atom is 0.246 e. The molecule has 2 rings (SSSR count). The fraction of sp³-hybridized carbons (Fsp3) is 0.474. The molecule has 2 N–H and O–H groups in total. The van der Waals surface area contributed by atoms with E-state index >= 15 is 0 Å². The molecule has 1 aliphatic rings. The standard InChI is InChI=1S/C19H26N2O3/c1-2-13-24-17-6-3-15(4-7-17)5-8-19(23)21-11-9-16(10-12-21)14-18(20)22/h3-8,16H,2,9-14H2,1H3,(H2,20,22)/b8-5+. The number of rotatable bonds is 7. The Morgan fingerprint density at radius 1 is 1.25 bits per heavy atom. The van der Waals surface area contributed by atoms with Gasteiger partial charge in [-0.2, -0.15) is 0 Å². The van der Waals surface area contributed by atoms with E-state index in [1.165, 1.54) is 0 Å². The average molecular weight is 330 g/mol. The van der Waals surface area contributed by atoms with Crippen molar-refractivity contribution in [2.24, 2.45) is 11.7 Å². The summed E-state index contributed by atoms with van der Waals surface area (Å²) in [6, 6.07) is 7.70. The van der Waals surface area contributed by atoms with Gasteiger partial charge in [0.2, 0.25) is 11.8 Å². The third kappa shape index (κ3) is 5.72. The van der Waals surface area contributed by atoms with Crippen molar-refractivity contribution in [2.75, 3.05) is 19.7 Å². The first-order valence-electron chi connectivity index (χ1n) is 8.56. The predicted octanol–water partition coefficient (Wildman–Crippen LogP) is 2.60. The fourth-order valence-electron chi connectivity index (χ4n) is 2.81. The van der Waals surface area contributed by atoms with E-state index < -0.39 is 0 Å². The Morgan fingerprint density at radius 3 is 2.50 bits per heavy atom. The first kappa shape index (κ1) is 18.0. The van der Waals surface area contributed by atoms with Gasteiger partial charge in [-0.1, -0.05) is 19.1 Å². The maximum absolute atomic E-state index is 12.2. The van der Waals surface area contributed by atoms with Gasteiger partial charge in [0, 0.05) is 25.6 Å². The molecular formula is C19H26N2O3. The topological polar surface area (TPSA) is 72.6 Å². The lowest BCUT2D eigenvalue weighted by Gasteiger charge is -2.30. The number of piperidine rings is 1. The molecule has 24 heavy (non-hydrogen) atoms. The molecule has 0 bridgehead atoms. The van der Waals surface area contributed by atoms with E-state index in [0.717, 1.165) is 30.6 Å². The van der Waals surface area contributed by atoms with Gasteiger partial charge < -0.3 is 15.4 Å². The number of carbonyl (C=O) groups excluding carboxylic acids is 2. The van der Waals surface area contributed by atoms with Crippen LogP contribution in [0.15, 0.2) is 30.3 Å². The highest BCUT2D eigenvalue weighted by atomic mass is 16.5. The monoisotopic (exact) mass is 330 g/mol. The third-order valence-corrected chi connectivity index (χ3v) is 4.19. The molecular weight excluding hydrogens is 304 g/mol. The molecule has 0 aromatic heterocycles. The van der Waals surface area contributed by atoms with Gasteiger partial charge >= 0.3 is 0 Å².